The molecule has 0 atom stereocenters. The van der Waals surface area contributed by atoms with Gasteiger partial charge < -0.3 is 10.3 Å². The highest BCUT2D eigenvalue weighted by Gasteiger charge is 2.14. The van der Waals surface area contributed by atoms with Crippen LogP contribution < -0.4 is 5.73 Å². The summed E-state index contributed by atoms with van der Waals surface area (Å²) in [5, 5.41) is 4.59. The Kier molecular flexibility index (Phi) is 2.93. The minimum atomic E-state index is 0.385. The van der Waals surface area contributed by atoms with Crippen LogP contribution in [0.15, 0.2) is 34.9 Å². The molecule has 0 aliphatic heterocycles. The molecule has 102 valence electrons. The molecule has 0 aliphatic carbocycles. The van der Waals surface area contributed by atoms with E-state index >= 15 is 0 Å². The van der Waals surface area contributed by atoms with Crippen LogP contribution in [0.1, 0.15) is 31.0 Å². The van der Waals surface area contributed by atoms with Crippen LogP contribution in [0.4, 0.5) is 5.82 Å². The molecule has 0 bridgehead atoms. The van der Waals surface area contributed by atoms with Gasteiger partial charge in [0.05, 0.1) is 5.39 Å². The van der Waals surface area contributed by atoms with E-state index in [4.69, 9.17) is 10.3 Å². The highest BCUT2D eigenvalue weighted by molar-refractivity contribution is 5.98. The molecule has 1 aromatic carbocycles. The Morgan fingerprint density at radius 1 is 1.15 bits per heavy atom. The van der Waals surface area contributed by atoms with Crippen LogP contribution >= 0.6 is 0 Å². The Hall–Kier alpha value is -2.36. The molecule has 0 saturated heterocycles. The van der Waals surface area contributed by atoms with E-state index in [-0.39, 0.29) is 0 Å². The van der Waals surface area contributed by atoms with Crippen LogP contribution in [0.25, 0.3) is 22.2 Å². The van der Waals surface area contributed by atoms with Crippen molar-refractivity contribution >= 4 is 16.9 Å². The summed E-state index contributed by atoms with van der Waals surface area (Å²) in [6, 6.07) is 10.5. The van der Waals surface area contributed by atoms with Gasteiger partial charge in [-0.25, -0.2) is 4.98 Å². The second-order valence-corrected chi connectivity index (χ2v) is 5.34. The summed E-state index contributed by atoms with van der Waals surface area (Å²) in [4.78, 5) is 4.32. The number of hydrogen-bond acceptors (Lipinski definition) is 4. The van der Waals surface area contributed by atoms with Gasteiger partial charge in [-0.15, -0.1) is 0 Å². The smallest absolute Gasteiger partial charge is 0.260 e. The fourth-order valence-corrected chi connectivity index (χ4v) is 2.37. The predicted octanol–water partition coefficient (Wildman–Crippen LogP) is 3.90. The van der Waals surface area contributed by atoms with Gasteiger partial charge in [0.2, 0.25) is 0 Å². The van der Waals surface area contributed by atoms with E-state index in [1.807, 2.05) is 13.0 Å². The van der Waals surface area contributed by atoms with Crippen molar-refractivity contribution in [2.45, 2.75) is 26.7 Å². The van der Waals surface area contributed by atoms with E-state index in [0.717, 1.165) is 22.2 Å². The fourth-order valence-electron chi connectivity index (χ4n) is 2.37. The highest BCUT2D eigenvalue weighted by atomic mass is 16.5. The molecule has 0 fully saturated rings. The number of nitrogens with two attached hydrogens (primary N) is 1. The minimum Gasteiger partial charge on any atom is -0.380 e. The number of aromatic nitrogens is 2. The third kappa shape index (κ3) is 2.03. The van der Waals surface area contributed by atoms with Gasteiger partial charge in [0.15, 0.2) is 5.82 Å². The average Bonchev–Trinajstić information content (AvgIpc) is 2.79. The van der Waals surface area contributed by atoms with Crippen LogP contribution in [0, 0.1) is 6.92 Å². The van der Waals surface area contributed by atoms with Gasteiger partial charge >= 0.3 is 0 Å². The number of rotatable bonds is 2. The highest BCUT2D eigenvalue weighted by Crippen LogP contribution is 2.32. The lowest BCUT2D eigenvalue weighted by Crippen LogP contribution is -1.91. The van der Waals surface area contributed by atoms with Gasteiger partial charge in [-0.1, -0.05) is 43.3 Å². The monoisotopic (exact) mass is 267 g/mol. The lowest BCUT2D eigenvalue weighted by atomic mass is 9.97. The number of anilines is 1. The molecule has 4 heteroatoms. The summed E-state index contributed by atoms with van der Waals surface area (Å²) in [6.45, 7) is 6.30. The van der Waals surface area contributed by atoms with Crippen molar-refractivity contribution in [1.29, 1.82) is 0 Å². The molecule has 20 heavy (non-hydrogen) atoms. The van der Waals surface area contributed by atoms with Crippen LogP contribution in [0.3, 0.4) is 0 Å². The van der Waals surface area contributed by atoms with Gasteiger partial charge in [0, 0.05) is 11.3 Å². The van der Waals surface area contributed by atoms with Crippen molar-refractivity contribution in [1.82, 2.24) is 10.1 Å². The maximum absolute atomic E-state index is 5.90. The van der Waals surface area contributed by atoms with Crippen LogP contribution in [-0.2, 0) is 0 Å². The first kappa shape index (κ1) is 12.7. The van der Waals surface area contributed by atoms with Crippen molar-refractivity contribution in [2.24, 2.45) is 0 Å². The molecule has 4 nitrogen and oxygen atoms in total. The van der Waals surface area contributed by atoms with E-state index in [0.29, 0.717) is 17.4 Å². The minimum absolute atomic E-state index is 0.385. The second-order valence-electron chi connectivity index (χ2n) is 5.34. The third-order valence-electron chi connectivity index (χ3n) is 3.49. The Morgan fingerprint density at radius 2 is 1.85 bits per heavy atom. The molecule has 2 N–H and O–H groups in total. The molecule has 3 aromatic rings. The lowest BCUT2D eigenvalue weighted by Gasteiger charge is -2.08. The number of fused-ring (bicyclic) bond motifs is 1. The first-order valence-electron chi connectivity index (χ1n) is 6.69. The number of pyridine rings is 1. The van der Waals surface area contributed by atoms with Crippen molar-refractivity contribution in [2.75, 3.05) is 5.73 Å². The standard InChI is InChI=1S/C16H17N3O/c1-9(2)11-4-6-12(7-5-11)13-8-10(3)18-16-14(13)15(17)19-20-16/h4-9H,1-3H3,(H2,17,19). The SMILES string of the molecule is Cc1cc(-c2ccc(C(C)C)cc2)c2c(N)noc2n1. The van der Waals surface area contributed by atoms with E-state index in [1.54, 1.807) is 0 Å². The van der Waals surface area contributed by atoms with Gasteiger partial charge in [0.1, 0.15) is 0 Å². The van der Waals surface area contributed by atoms with Crippen molar-refractivity contribution in [3.8, 4) is 11.1 Å². The molecule has 0 amide bonds. The van der Waals surface area contributed by atoms with Crippen molar-refractivity contribution in [3.63, 3.8) is 0 Å². The summed E-state index contributed by atoms with van der Waals surface area (Å²) in [5.41, 5.74) is 10.7. The van der Waals surface area contributed by atoms with Gasteiger partial charge in [-0.2, -0.15) is 0 Å². The summed E-state index contributed by atoms with van der Waals surface area (Å²) in [6.07, 6.45) is 0. The molecule has 0 saturated carbocycles. The lowest BCUT2D eigenvalue weighted by molar-refractivity contribution is 0.452. The van der Waals surface area contributed by atoms with Gasteiger partial charge in [-0.3, -0.25) is 0 Å². The Labute approximate surface area is 117 Å². The molecule has 0 spiro atoms. The first-order valence-corrected chi connectivity index (χ1v) is 6.69. The Balaban J connectivity index is 2.20. The molecule has 2 heterocycles. The van der Waals surface area contributed by atoms with Gasteiger partial charge in [-0.05, 0) is 30.0 Å². The van der Waals surface area contributed by atoms with Crippen LogP contribution in [0.5, 0.6) is 0 Å². The molecular formula is C16H17N3O. The van der Waals surface area contributed by atoms with Gasteiger partial charge in [0.25, 0.3) is 5.71 Å². The van der Waals surface area contributed by atoms with Crippen LogP contribution in [-0.4, -0.2) is 10.1 Å². The Bertz CT molecular complexity index is 757. The summed E-state index contributed by atoms with van der Waals surface area (Å²) < 4.78 is 5.17. The largest absolute Gasteiger partial charge is 0.380 e. The molecule has 3 rings (SSSR count). The first-order chi connectivity index (χ1) is 9.56. The topological polar surface area (TPSA) is 64.9 Å². The molecule has 0 unspecified atom stereocenters. The zero-order chi connectivity index (χ0) is 14.3. The van der Waals surface area contributed by atoms with Crippen molar-refractivity contribution in [3.05, 3.63) is 41.6 Å². The number of benzene rings is 1. The maximum Gasteiger partial charge on any atom is 0.260 e. The molecule has 0 radical (unpaired) electrons. The zero-order valence-electron chi connectivity index (χ0n) is 11.8. The molecule has 0 aliphatic rings. The summed E-state index contributed by atoms with van der Waals surface area (Å²) in [5.74, 6) is 0.902. The maximum atomic E-state index is 5.90. The van der Waals surface area contributed by atoms with E-state index < -0.39 is 0 Å². The summed E-state index contributed by atoms with van der Waals surface area (Å²) in [7, 11) is 0. The van der Waals surface area contributed by atoms with E-state index in [9.17, 15) is 0 Å². The second kappa shape index (κ2) is 4.63. The quantitative estimate of drug-likeness (QED) is 0.764. The Morgan fingerprint density at radius 3 is 2.50 bits per heavy atom. The van der Waals surface area contributed by atoms with E-state index in [2.05, 4.69) is 48.3 Å². The third-order valence-corrected chi connectivity index (χ3v) is 3.49. The number of hydrogen-bond donors (Lipinski definition) is 1. The predicted molar refractivity (Wildman–Crippen MR) is 80.5 cm³/mol. The van der Waals surface area contributed by atoms with Crippen molar-refractivity contribution < 1.29 is 4.52 Å². The number of nitrogen functional groups attached to an aromatic ring is 1. The fraction of sp³-hybridized carbons (Fsp3) is 0.250. The van der Waals surface area contributed by atoms with Crippen LogP contribution in [0.2, 0.25) is 0 Å². The number of nitrogens with zero attached hydrogens (tertiary/aromatic N) is 2. The van der Waals surface area contributed by atoms with E-state index in [1.165, 1.54) is 5.56 Å². The molecular weight excluding hydrogens is 250 g/mol. The normalized spacial score (nSPS) is 11.4. The average molecular weight is 267 g/mol. The zero-order valence-corrected chi connectivity index (χ0v) is 11.8. The summed E-state index contributed by atoms with van der Waals surface area (Å²) >= 11 is 0. The molecule has 2 aromatic heterocycles. The number of aryl methyl sites for hydroxylation is 1.